The predicted octanol–water partition coefficient (Wildman–Crippen LogP) is 4.52. The average Bonchev–Trinajstić information content (AvgIpc) is 3.18. The molecule has 1 amide bonds. The van der Waals surface area contributed by atoms with Crippen LogP contribution in [-0.4, -0.2) is 15.7 Å². The van der Waals surface area contributed by atoms with Crippen molar-refractivity contribution in [3.63, 3.8) is 0 Å². The minimum absolute atomic E-state index is 0.140. The molecule has 1 aromatic heterocycles. The molecule has 3 aromatic rings. The monoisotopic (exact) mass is 355 g/mol. The molecule has 0 bridgehead atoms. The molecule has 1 aliphatic rings. The number of anilines is 1. The van der Waals surface area contributed by atoms with Gasteiger partial charge in [-0.25, -0.2) is 4.68 Å². The molecule has 2 heterocycles. The predicted molar refractivity (Wildman–Crippen MR) is 98.0 cm³/mol. The van der Waals surface area contributed by atoms with Crippen LogP contribution < -0.4 is 5.32 Å². The molecule has 0 unspecified atom stereocenters. The van der Waals surface area contributed by atoms with Crippen LogP contribution in [0.3, 0.4) is 0 Å². The summed E-state index contributed by atoms with van der Waals surface area (Å²) in [6.07, 6.45) is 0. The molecule has 0 fully saturated rings. The van der Waals surface area contributed by atoms with Crippen LogP contribution in [0.1, 0.15) is 21.6 Å². The molecule has 24 heavy (non-hydrogen) atoms. The van der Waals surface area contributed by atoms with Gasteiger partial charge in [0.05, 0.1) is 11.4 Å². The lowest BCUT2D eigenvalue weighted by Gasteiger charge is -2.11. The van der Waals surface area contributed by atoms with Crippen LogP contribution in [0.2, 0.25) is 5.02 Å². The zero-order valence-electron chi connectivity index (χ0n) is 12.7. The highest BCUT2D eigenvalue weighted by Crippen LogP contribution is 2.36. The Kier molecular flexibility index (Phi) is 4.04. The zero-order chi connectivity index (χ0) is 16.5. The van der Waals surface area contributed by atoms with Crippen molar-refractivity contribution in [2.45, 2.75) is 11.5 Å². The molecular formula is C18H14ClN3OS. The fraction of sp³-hybridized carbons (Fsp3) is 0.111. The molecule has 0 aliphatic carbocycles. The molecule has 4 nitrogen and oxygen atoms in total. The van der Waals surface area contributed by atoms with E-state index in [1.807, 2.05) is 42.5 Å². The van der Waals surface area contributed by atoms with E-state index in [2.05, 4.69) is 10.4 Å². The highest BCUT2D eigenvalue weighted by Gasteiger charge is 2.25. The van der Waals surface area contributed by atoms with Crippen molar-refractivity contribution in [1.82, 2.24) is 9.78 Å². The van der Waals surface area contributed by atoms with E-state index >= 15 is 0 Å². The molecule has 0 saturated carbocycles. The summed E-state index contributed by atoms with van der Waals surface area (Å²) in [6, 6.07) is 16.7. The number of nitrogens with zero attached hydrogens (tertiary/aromatic N) is 2. The Morgan fingerprint density at radius 2 is 1.96 bits per heavy atom. The van der Waals surface area contributed by atoms with E-state index < -0.39 is 0 Å². The third-order valence-electron chi connectivity index (χ3n) is 3.87. The lowest BCUT2D eigenvalue weighted by molar-refractivity contribution is 0.102. The first-order valence-electron chi connectivity index (χ1n) is 7.53. The number of aromatic nitrogens is 2. The van der Waals surface area contributed by atoms with Crippen LogP contribution in [0.15, 0.2) is 54.6 Å². The van der Waals surface area contributed by atoms with Gasteiger partial charge >= 0.3 is 0 Å². The SMILES string of the molecule is O=C(Nc1c2c(nn1-c1cccc(Cl)c1)CSC2)c1ccccc1. The molecule has 0 saturated heterocycles. The van der Waals surface area contributed by atoms with Crippen molar-refractivity contribution >= 4 is 35.1 Å². The Balaban J connectivity index is 1.75. The second-order valence-corrected chi connectivity index (χ2v) is 6.90. The van der Waals surface area contributed by atoms with Crippen molar-refractivity contribution in [2.75, 3.05) is 5.32 Å². The number of fused-ring (bicyclic) bond motifs is 1. The number of halogens is 1. The summed E-state index contributed by atoms with van der Waals surface area (Å²) >= 11 is 7.91. The number of hydrogen-bond donors (Lipinski definition) is 1. The lowest BCUT2D eigenvalue weighted by atomic mass is 10.2. The van der Waals surface area contributed by atoms with E-state index in [1.165, 1.54) is 0 Å². The highest BCUT2D eigenvalue weighted by molar-refractivity contribution is 7.98. The fourth-order valence-corrected chi connectivity index (χ4v) is 3.92. The third-order valence-corrected chi connectivity index (χ3v) is 5.08. The molecule has 4 rings (SSSR count). The largest absolute Gasteiger partial charge is 0.306 e. The summed E-state index contributed by atoms with van der Waals surface area (Å²) in [5.41, 5.74) is 3.56. The van der Waals surface area contributed by atoms with Crippen molar-refractivity contribution in [1.29, 1.82) is 0 Å². The van der Waals surface area contributed by atoms with Crippen molar-refractivity contribution in [3.8, 4) is 5.69 Å². The van der Waals surface area contributed by atoms with E-state index in [0.717, 1.165) is 34.3 Å². The number of nitrogens with one attached hydrogen (secondary N) is 1. The molecule has 1 aliphatic heterocycles. The Morgan fingerprint density at radius 3 is 2.75 bits per heavy atom. The summed E-state index contributed by atoms with van der Waals surface area (Å²) in [6.45, 7) is 0. The van der Waals surface area contributed by atoms with Gasteiger partial charge in [-0.15, -0.1) is 0 Å². The van der Waals surface area contributed by atoms with Gasteiger partial charge in [0, 0.05) is 27.7 Å². The second kappa shape index (κ2) is 6.34. The maximum Gasteiger partial charge on any atom is 0.256 e. The Hall–Kier alpha value is -2.24. The number of carbonyl (C=O) groups is 1. The lowest BCUT2D eigenvalue weighted by Crippen LogP contribution is -2.16. The minimum atomic E-state index is -0.140. The fourth-order valence-electron chi connectivity index (χ4n) is 2.71. The molecule has 0 atom stereocenters. The van der Waals surface area contributed by atoms with Crippen molar-refractivity contribution < 1.29 is 4.79 Å². The van der Waals surface area contributed by atoms with Gasteiger partial charge in [0.2, 0.25) is 0 Å². The van der Waals surface area contributed by atoms with E-state index in [-0.39, 0.29) is 5.91 Å². The molecule has 0 spiro atoms. The van der Waals surface area contributed by atoms with Gasteiger partial charge in [-0.3, -0.25) is 4.79 Å². The van der Waals surface area contributed by atoms with Gasteiger partial charge in [-0.2, -0.15) is 16.9 Å². The molecule has 6 heteroatoms. The molecule has 120 valence electrons. The first-order valence-corrected chi connectivity index (χ1v) is 9.06. The van der Waals surface area contributed by atoms with Gasteiger partial charge in [0.15, 0.2) is 0 Å². The van der Waals surface area contributed by atoms with Gasteiger partial charge in [0.1, 0.15) is 5.82 Å². The Labute approximate surface area is 148 Å². The van der Waals surface area contributed by atoms with E-state index in [0.29, 0.717) is 10.6 Å². The summed E-state index contributed by atoms with van der Waals surface area (Å²) < 4.78 is 1.77. The smallest absolute Gasteiger partial charge is 0.256 e. The average molecular weight is 356 g/mol. The summed E-state index contributed by atoms with van der Waals surface area (Å²) in [4.78, 5) is 12.6. The first kappa shape index (κ1) is 15.3. The van der Waals surface area contributed by atoms with E-state index in [1.54, 1.807) is 28.6 Å². The van der Waals surface area contributed by atoms with Gasteiger partial charge in [-0.1, -0.05) is 35.9 Å². The quantitative estimate of drug-likeness (QED) is 0.751. The normalized spacial score (nSPS) is 12.9. The summed E-state index contributed by atoms with van der Waals surface area (Å²) in [5.74, 6) is 2.29. The topological polar surface area (TPSA) is 46.9 Å². The highest BCUT2D eigenvalue weighted by atomic mass is 35.5. The van der Waals surface area contributed by atoms with Crippen LogP contribution in [0.4, 0.5) is 5.82 Å². The number of thioether (sulfide) groups is 1. The summed E-state index contributed by atoms with van der Waals surface area (Å²) in [5, 5.41) is 8.34. The summed E-state index contributed by atoms with van der Waals surface area (Å²) in [7, 11) is 0. The number of amides is 1. The van der Waals surface area contributed by atoms with E-state index in [4.69, 9.17) is 11.6 Å². The first-order chi connectivity index (χ1) is 11.7. The van der Waals surface area contributed by atoms with Gasteiger partial charge < -0.3 is 5.32 Å². The molecular weight excluding hydrogens is 342 g/mol. The Morgan fingerprint density at radius 1 is 1.12 bits per heavy atom. The zero-order valence-corrected chi connectivity index (χ0v) is 14.3. The standard InChI is InChI=1S/C18H14ClN3OS/c19-13-7-4-8-14(9-13)22-17(15-10-24-11-16(15)21-22)20-18(23)12-5-2-1-3-6-12/h1-9H,10-11H2,(H,20,23). The van der Waals surface area contributed by atoms with Crippen molar-refractivity contribution in [3.05, 3.63) is 76.4 Å². The Bertz CT molecular complexity index is 908. The number of rotatable bonds is 3. The number of benzene rings is 2. The number of carbonyl (C=O) groups excluding carboxylic acids is 1. The molecule has 0 radical (unpaired) electrons. The van der Waals surface area contributed by atoms with Crippen LogP contribution in [0.25, 0.3) is 5.69 Å². The van der Waals surface area contributed by atoms with Crippen LogP contribution in [-0.2, 0) is 11.5 Å². The minimum Gasteiger partial charge on any atom is -0.306 e. The van der Waals surface area contributed by atoms with Crippen LogP contribution in [0.5, 0.6) is 0 Å². The molecule has 2 aromatic carbocycles. The molecule has 1 N–H and O–H groups in total. The second-order valence-electron chi connectivity index (χ2n) is 5.48. The number of hydrogen-bond acceptors (Lipinski definition) is 3. The van der Waals surface area contributed by atoms with Crippen LogP contribution in [0, 0.1) is 0 Å². The van der Waals surface area contributed by atoms with Gasteiger partial charge in [0.25, 0.3) is 5.91 Å². The van der Waals surface area contributed by atoms with Crippen LogP contribution >= 0.6 is 23.4 Å². The third kappa shape index (κ3) is 2.81. The van der Waals surface area contributed by atoms with Crippen molar-refractivity contribution in [2.24, 2.45) is 0 Å². The van der Waals surface area contributed by atoms with E-state index in [9.17, 15) is 4.79 Å². The maximum absolute atomic E-state index is 12.6. The maximum atomic E-state index is 12.6. The van der Waals surface area contributed by atoms with Gasteiger partial charge in [-0.05, 0) is 30.3 Å².